The van der Waals surface area contributed by atoms with Crippen LogP contribution in [0, 0.1) is 0 Å². The molecule has 1 atom stereocenters. The van der Waals surface area contributed by atoms with E-state index in [1.54, 1.807) is 0 Å². The average Bonchev–Trinajstić information content (AvgIpc) is 2.56. The SMILES string of the molecule is CC[C@H](NC(=O)CCOCCOCCOCCOCCN)C(C)=O. The molecule has 3 N–H and O–H groups in total. The average molecular weight is 348 g/mol. The highest BCUT2D eigenvalue weighted by Crippen LogP contribution is 1.94. The molecule has 0 aromatic carbocycles. The lowest BCUT2D eigenvalue weighted by Gasteiger charge is -2.13. The van der Waals surface area contributed by atoms with Crippen LogP contribution in [0.25, 0.3) is 0 Å². The van der Waals surface area contributed by atoms with Gasteiger partial charge in [0.1, 0.15) is 0 Å². The molecule has 0 unspecified atom stereocenters. The van der Waals surface area contributed by atoms with Gasteiger partial charge in [0.25, 0.3) is 0 Å². The van der Waals surface area contributed by atoms with Crippen LogP contribution in [-0.2, 0) is 28.5 Å². The quantitative estimate of drug-likeness (QED) is 0.353. The van der Waals surface area contributed by atoms with Gasteiger partial charge >= 0.3 is 0 Å². The van der Waals surface area contributed by atoms with Crippen molar-refractivity contribution >= 4 is 11.7 Å². The maximum absolute atomic E-state index is 11.6. The molecule has 0 aliphatic rings. The van der Waals surface area contributed by atoms with Gasteiger partial charge in [-0.2, -0.15) is 0 Å². The van der Waals surface area contributed by atoms with E-state index in [0.29, 0.717) is 65.8 Å². The van der Waals surface area contributed by atoms with Crippen molar-refractivity contribution < 1.29 is 28.5 Å². The number of Topliss-reactive ketones (excluding diaryl/α,β-unsaturated/α-hetero) is 1. The fraction of sp³-hybridized carbons (Fsp3) is 0.875. The lowest BCUT2D eigenvalue weighted by molar-refractivity contribution is -0.127. The number of carbonyl (C=O) groups excluding carboxylic acids is 2. The number of hydrogen-bond acceptors (Lipinski definition) is 7. The van der Waals surface area contributed by atoms with Gasteiger partial charge in [0.05, 0.1) is 58.9 Å². The third-order valence-corrected chi connectivity index (χ3v) is 3.09. The van der Waals surface area contributed by atoms with Gasteiger partial charge in [-0.3, -0.25) is 9.59 Å². The molecule has 0 aromatic rings. The second-order valence-corrected chi connectivity index (χ2v) is 5.13. The van der Waals surface area contributed by atoms with E-state index >= 15 is 0 Å². The molecule has 0 heterocycles. The third kappa shape index (κ3) is 14.5. The molecule has 0 saturated heterocycles. The predicted octanol–water partition coefficient (Wildman–Crippen LogP) is -0.115. The van der Waals surface area contributed by atoms with Gasteiger partial charge in [0.15, 0.2) is 5.78 Å². The van der Waals surface area contributed by atoms with Crippen LogP contribution in [0.4, 0.5) is 0 Å². The Morgan fingerprint density at radius 3 is 1.75 bits per heavy atom. The molecule has 0 fully saturated rings. The van der Waals surface area contributed by atoms with Gasteiger partial charge in [-0.15, -0.1) is 0 Å². The Morgan fingerprint density at radius 1 is 0.875 bits per heavy atom. The molecule has 0 rings (SSSR count). The lowest BCUT2D eigenvalue weighted by Crippen LogP contribution is -2.39. The van der Waals surface area contributed by atoms with Gasteiger partial charge in [-0.05, 0) is 13.3 Å². The zero-order valence-electron chi connectivity index (χ0n) is 14.9. The Kier molecular flexibility index (Phi) is 16.0. The van der Waals surface area contributed by atoms with Crippen LogP contribution in [0.1, 0.15) is 26.7 Å². The first kappa shape index (κ1) is 22.9. The first-order valence-corrected chi connectivity index (χ1v) is 8.42. The maximum atomic E-state index is 11.6. The zero-order valence-corrected chi connectivity index (χ0v) is 14.9. The Bertz CT molecular complexity index is 328. The fourth-order valence-corrected chi connectivity index (χ4v) is 1.77. The molecule has 0 spiro atoms. The van der Waals surface area contributed by atoms with Crippen molar-refractivity contribution in [2.75, 3.05) is 59.4 Å². The topological polar surface area (TPSA) is 109 Å². The Labute approximate surface area is 144 Å². The highest BCUT2D eigenvalue weighted by Gasteiger charge is 2.14. The minimum absolute atomic E-state index is 0.0340. The monoisotopic (exact) mass is 348 g/mol. The largest absolute Gasteiger partial charge is 0.379 e. The maximum Gasteiger partial charge on any atom is 0.222 e. The standard InChI is InChI=1S/C16H32N2O6/c1-3-15(14(2)19)18-16(20)4-6-21-8-10-23-12-13-24-11-9-22-7-5-17/h15H,3-13,17H2,1-2H3,(H,18,20)/t15-/m0/s1. The molecular weight excluding hydrogens is 316 g/mol. The number of carbonyl (C=O) groups is 2. The highest BCUT2D eigenvalue weighted by molar-refractivity contribution is 5.87. The number of hydrogen-bond donors (Lipinski definition) is 2. The van der Waals surface area contributed by atoms with Crippen molar-refractivity contribution in [3.8, 4) is 0 Å². The number of nitrogens with one attached hydrogen (secondary N) is 1. The summed E-state index contributed by atoms with van der Waals surface area (Å²) < 4.78 is 21.1. The first-order chi connectivity index (χ1) is 11.6. The minimum atomic E-state index is -0.401. The van der Waals surface area contributed by atoms with E-state index in [1.165, 1.54) is 6.92 Å². The molecule has 8 nitrogen and oxygen atoms in total. The molecule has 0 aromatic heterocycles. The molecule has 142 valence electrons. The summed E-state index contributed by atoms with van der Waals surface area (Å²) in [5.74, 6) is -0.212. The normalized spacial score (nSPS) is 12.1. The van der Waals surface area contributed by atoms with Gasteiger partial charge in [-0.25, -0.2) is 0 Å². The summed E-state index contributed by atoms with van der Waals surface area (Å²) in [6.45, 7) is 7.59. The molecule has 1 amide bonds. The van der Waals surface area contributed by atoms with Crippen molar-refractivity contribution in [3.05, 3.63) is 0 Å². The summed E-state index contributed by atoms with van der Waals surface area (Å²) >= 11 is 0. The van der Waals surface area contributed by atoms with Gasteiger partial charge < -0.3 is 30.0 Å². The van der Waals surface area contributed by atoms with E-state index in [9.17, 15) is 9.59 Å². The van der Waals surface area contributed by atoms with E-state index in [-0.39, 0.29) is 18.1 Å². The number of rotatable bonds is 17. The molecule has 0 aliphatic carbocycles. The van der Waals surface area contributed by atoms with Crippen molar-refractivity contribution in [1.29, 1.82) is 0 Å². The van der Waals surface area contributed by atoms with Crippen LogP contribution in [0.2, 0.25) is 0 Å². The molecule has 8 heteroatoms. The lowest BCUT2D eigenvalue weighted by atomic mass is 10.1. The van der Waals surface area contributed by atoms with E-state index in [2.05, 4.69) is 5.32 Å². The fourth-order valence-electron chi connectivity index (χ4n) is 1.77. The summed E-state index contributed by atoms with van der Waals surface area (Å²) in [5.41, 5.74) is 5.28. The summed E-state index contributed by atoms with van der Waals surface area (Å²) in [7, 11) is 0. The van der Waals surface area contributed by atoms with Gasteiger partial charge in [0.2, 0.25) is 5.91 Å². The van der Waals surface area contributed by atoms with E-state index in [4.69, 9.17) is 24.7 Å². The highest BCUT2D eigenvalue weighted by atomic mass is 16.6. The smallest absolute Gasteiger partial charge is 0.222 e. The third-order valence-electron chi connectivity index (χ3n) is 3.09. The van der Waals surface area contributed by atoms with E-state index in [1.807, 2.05) is 6.92 Å². The number of ether oxygens (including phenoxy) is 4. The molecule has 24 heavy (non-hydrogen) atoms. The van der Waals surface area contributed by atoms with Crippen LogP contribution >= 0.6 is 0 Å². The predicted molar refractivity (Wildman–Crippen MR) is 89.9 cm³/mol. The van der Waals surface area contributed by atoms with Gasteiger partial charge in [0, 0.05) is 13.0 Å². The Hall–Kier alpha value is -1.06. The minimum Gasteiger partial charge on any atom is -0.379 e. The van der Waals surface area contributed by atoms with Crippen LogP contribution in [0.5, 0.6) is 0 Å². The summed E-state index contributed by atoms with van der Waals surface area (Å²) in [6.07, 6.45) is 0.826. The zero-order chi connectivity index (χ0) is 18.0. The molecule has 0 radical (unpaired) electrons. The van der Waals surface area contributed by atoms with E-state index < -0.39 is 6.04 Å². The Balaban J connectivity index is 3.30. The van der Waals surface area contributed by atoms with Crippen molar-refractivity contribution in [3.63, 3.8) is 0 Å². The van der Waals surface area contributed by atoms with Crippen LogP contribution < -0.4 is 11.1 Å². The summed E-state index contributed by atoms with van der Waals surface area (Å²) in [6, 6.07) is -0.401. The van der Waals surface area contributed by atoms with Crippen LogP contribution in [-0.4, -0.2) is 77.1 Å². The Morgan fingerprint density at radius 2 is 1.33 bits per heavy atom. The van der Waals surface area contributed by atoms with Gasteiger partial charge in [-0.1, -0.05) is 6.92 Å². The van der Waals surface area contributed by atoms with Crippen molar-refractivity contribution in [2.45, 2.75) is 32.7 Å². The van der Waals surface area contributed by atoms with E-state index in [0.717, 1.165) is 0 Å². The summed E-state index contributed by atoms with van der Waals surface area (Å²) in [4.78, 5) is 22.8. The molecule has 0 saturated carbocycles. The van der Waals surface area contributed by atoms with Crippen molar-refractivity contribution in [1.82, 2.24) is 5.32 Å². The second-order valence-electron chi connectivity index (χ2n) is 5.13. The number of nitrogens with two attached hydrogens (primary N) is 1. The molecule has 0 aliphatic heterocycles. The van der Waals surface area contributed by atoms with Crippen molar-refractivity contribution in [2.24, 2.45) is 5.73 Å². The van der Waals surface area contributed by atoms with Crippen LogP contribution in [0.3, 0.4) is 0 Å². The number of ketones is 1. The molecule has 0 bridgehead atoms. The first-order valence-electron chi connectivity index (χ1n) is 8.42. The molecular formula is C16H32N2O6. The summed E-state index contributed by atoms with van der Waals surface area (Å²) in [5, 5.41) is 2.68. The second kappa shape index (κ2) is 16.8. The number of amides is 1. The van der Waals surface area contributed by atoms with Crippen LogP contribution in [0.15, 0.2) is 0 Å².